The van der Waals surface area contributed by atoms with Gasteiger partial charge in [0.1, 0.15) is 24.4 Å². The summed E-state index contributed by atoms with van der Waals surface area (Å²) in [6, 6.07) is 13.5. The molecule has 1 amide bonds. The number of carbonyl (C=O) groups excluding carboxylic acids is 1. The second-order valence-corrected chi connectivity index (χ2v) is 9.19. The van der Waals surface area contributed by atoms with Crippen LogP contribution in [-0.2, 0) is 16.1 Å². The van der Waals surface area contributed by atoms with Crippen molar-refractivity contribution in [3.05, 3.63) is 70.5 Å². The van der Waals surface area contributed by atoms with Crippen molar-refractivity contribution in [2.24, 2.45) is 10.1 Å². The zero-order valence-corrected chi connectivity index (χ0v) is 19.7. The first-order valence-corrected chi connectivity index (χ1v) is 11.9. The molecule has 10 heteroatoms. The minimum Gasteiger partial charge on any atom is -0.368 e. The number of likely N-dealkylation sites (tertiary alicyclic amines) is 2. The van der Waals surface area contributed by atoms with Crippen LogP contribution < -0.4 is 0 Å². The number of rotatable bonds is 7. The second-order valence-electron chi connectivity index (χ2n) is 8.75. The molecule has 0 aromatic heterocycles. The summed E-state index contributed by atoms with van der Waals surface area (Å²) >= 11 is 6.10. The van der Waals surface area contributed by atoms with Crippen molar-refractivity contribution in [2.75, 3.05) is 19.6 Å². The quantitative estimate of drug-likeness (QED) is 0.335. The molecule has 3 unspecified atom stereocenters. The number of nitriles is 1. The monoisotopic (exact) mass is 494 g/mol. The van der Waals surface area contributed by atoms with Gasteiger partial charge < -0.3 is 14.5 Å². The van der Waals surface area contributed by atoms with Crippen LogP contribution in [0, 0.1) is 17.3 Å². The Hall–Kier alpha value is -3.48. The molecular weight excluding hydrogens is 471 g/mol. The molecule has 2 aromatic carbocycles. The minimum absolute atomic E-state index is 0.124. The molecule has 2 aromatic rings. The van der Waals surface area contributed by atoms with Crippen LogP contribution in [0.3, 0.4) is 0 Å². The Morgan fingerprint density at radius 3 is 2.66 bits per heavy atom. The average molecular weight is 495 g/mol. The smallest absolute Gasteiger partial charge is 0.223 e. The number of hydrazone groups is 1. The fourth-order valence-corrected chi connectivity index (χ4v) is 4.91. The Morgan fingerprint density at radius 1 is 1.20 bits per heavy atom. The van der Waals surface area contributed by atoms with Crippen molar-refractivity contribution in [2.45, 2.75) is 37.8 Å². The number of hydrogen-bond acceptors (Lipinski definition) is 6. The molecule has 5 rings (SSSR count). The van der Waals surface area contributed by atoms with Gasteiger partial charge in [-0.25, -0.2) is 4.39 Å². The van der Waals surface area contributed by atoms with Gasteiger partial charge in [0.15, 0.2) is 0 Å². The lowest BCUT2D eigenvalue weighted by Gasteiger charge is -2.49. The van der Waals surface area contributed by atoms with Gasteiger partial charge in [-0.05, 0) is 36.2 Å². The Bertz CT molecular complexity index is 1180. The van der Waals surface area contributed by atoms with Gasteiger partial charge in [0.05, 0.1) is 31.4 Å². The highest BCUT2D eigenvalue weighted by Gasteiger charge is 2.47. The van der Waals surface area contributed by atoms with Gasteiger partial charge >= 0.3 is 0 Å². The number of amides is 1. The van der Waals surface area contributed by atoms with Crippen LogP contribution in [0.25, 0.3) is 0 Å². The summed E-state index contributed by atoms with van der Waals surface area (Å²) in [4.78, 5) is 20.1. The van der Waals surface area contributed by atoms with Gasteiger partial charge in [-0.1, -0.05) is 35.9 Å². The average Bonchev–Trinajstić information content (AvgIpc) is 3.45. The summed E-state index contributed by atoms with van der Waals surface area (Å²) in [6.45, 7) is 2.05. The fraction of sp³-hybridized carbons (Fsp3) is 0.360. The van der Waals surface area contributed by atoms with E-state index in [-0.39, 0.29) is 30.0 Å². The number of hydrogen-bond donors (Lipinski definition) is 0. The van der Waals surface area contributed by atoms with Gasteiger partial charge in [-0.15, -0.1) is 0 Å². The third-order valence-corrected chi connectivity index (χ3v) is 6.80. The molecule has 3 aliphatic heterocycles. The van der Waals surface area contributed by atoms with Gasteiger partial charge in [0, 0.05) is 23.6 Å². The number of aliphatic imine (C=N–C) groups is 1. The Morgan fingerprint density at radius 2 is 1.97 bits per heavy atom. The van der Waals surface area contributed by atoms with Crippen LogP contribution in [-0.4, -0.2) is 70.7 Å². The molecule has 0 radical (unpaired) electrons. The fourth-order valence-electron chi connectivity index (χ4n) is 4.78. The van der Waals surface area contributed by atoms with E-state index in [4.69, 9.17) is 26.7 Å². The second kappa shape index (κ2) is 10.0. The first-order chi connectivity index (χ1) is 17.0. The van der Waals surface area contributed by atoms with E-state index in [9.17, 15) is 9.18 Å². The van der Waals surface area contributed by atoms with E-state index >= 15 is 0 Å². The Balaban J connectivity index is 1.40. The zero-order valence-electron chi connectivity index (χ0n) is 18.9. The molecule has 0 spiro atoms. The molecule has 0 saturated carbocycles. The first-order valence-electron chi connectivity index (χ1n) is 11.5. The van der Waals surface area contributed by atoms with E-state index in [0.29, 0.717) is 37.7 Å². The Kier molecular flexibility index (Phi) is 6.66. The lowest BCUT2D eigenvalue weighted by molar-refractivity contribution is -0.139. The first kappa shape index (κ1) is 23.3. The molecule has 0 aliphatic carbocycles. The van der Waals surface area contributed by atoms with Crippen LogP contribution in [0.4, 0.5) is 4.39 Å². The zero-order chi connectivity index (χ0) is 24.4. The van der Waals surface area contributed by atoms with Crippen LogP contribution >= 0.6 is 11.6 Å². The lowest BCUT2D eigenvalue weighted by atomic mass is 10.0. The van der Waals surface area contributed by atoms with Crippen molar-refractivity contribution in [1.82, 2.24) is 14.8 Å². The highest BCUT2D eigenvalue weighted by Crippen LogP contribution is 2.31. The topological polar surface area (TPSA) is 84.5 Å². The van der Waals surface area contributed by atoms with Crippen molar-refractivity contribution in [1.29, 1.82) is 5.26 Å². The maximum Gasteiger partial charge on any atom is 0.223 e. The van der Waals surface area contributed by atoms with Gasteiger partial charge in [0.2, 0.25) is 12.1 Å². The molecule has 2 fully saturated rings. The molecule has 3 heterocycles. The van der Waals surface area contributed by atoms with Crippen LogP contribution in [0.1, 0.15) is 24.0 Å². The summed E-state index contributed by atoms with van der Waals surface area (Å²) in [5, 5.41) is 16.4. The van der Waals surface area contributed by atoms with E-state index < -0.39 is 0 Å². The Labute approximate surface area is 207 Å². The summed E-state index contributed by atoms with van der Waals surface area (Å²) in [5.41, 5.74) is 2.57. The molecular formula is C25H24ClFN6O2. The molecule has 0 bridgehead atoms. The molecule has 35 heavy (non-hydrogen) atoms. The predicted molar refractivity (Wildman–Crippen MR) is 129 cm³/mol. The molecule has 180 valence electrons. The molecule has 3 atom stereocenters. The van der Waals surface area contributed by atoms with E-state index in [0.717, 1.165) is 23.3 Å². The number of halogens is 2. The highest BCUT2D eigenvalue weighted by molar-refractivity contribution is 6.30. The SMILES string of the molecule is N#CN=CN1CC(OCc2ccc(F)cc2)C1N1CC(N2CCCC2=O)C(c2ccc(Cl)cc2)=N1. The molecule has 8 nitrogen and oxygen atoms in total. The summed E-state index contributed by atoms with van der Waals surface area (Å²) in [5.74, 6) is -0.170. The summed E-state index contributed by atoms with van der Waals surface area (Å²) < 4.78 is 19.4. The van der Waals surface area contributed by atoms with Crippen LogP contribution in [0.15, 0.2) is 58.6 Å². The maximum absolute atomic E-state index is 13.2. The number of ether oxygens (including phenoxy) is 1. The van der Waals surface area contributed by atoms with Crippen LogP contribution in [0.2, 0.25) is 5.02 Å². The van der Waals surface area contributed by atoms with Crippen molar-refractivity contribution in [3.63, 3.8) is 0 Å². The minimum atomic E-state index is -0.294. The maximum atomic E-state index is 13.2. The normalized spacial score (nSPS) is 24.1. The van der Waals surface area contributed by atoms with E-state index in [1.54, 1.807) is 18.3 Å². The highest BCUT2D eigenvalue weighted by atomic mass is 35.5. The van der Waals surface area contributed by atoms with E-state index in [1.807, 2.05) is 39.1 Å². The number of benzene rings is 2. The third-order valence-electron chi connectivity index (χ3n) is 6.55. The number of nitrogens with zero attached hydrogens (tertiary/aromatic N) is 6. The molecule has 0 N–H and O–H groups in total. The van der Waals surface area contributed by atoms with Crippen LogP contribution in [0.5, 0.6) is 0 Å². The molecule has 2 saturated heterocycles. The molecule has 3 aliphatic rings. The van der Waals surface area contributed by atoms with Gasteiger partial charge in [-0.3, -0.25) is 9.80 Å². The van der Waals surface area contributed by atoms with Gasteiger partial charge in [-0.2, -0.15) is 15.4 Å². The third kappa shape index (κ3) is 4.85. The number of carbonyl (C=O) groups is 1. The van der Waals surface area contributed by atoms with Gasteiger partial charge in [0.25, 0.3) is 0 Å². The summed E-state index contributed by atoms with van der Waals surface area (Å²) in [6.07, 6.45) is 4.14. The van der Waals surface area contributed by atoms with E-state index in [1.165, 1.54) is 18.5 Å². The van der Waals surface area contributed by atoms with Crippen molar-refractivity contribution >= 4 is 29.6 Å². The summed E-state index contributed by atoms with van der Waals surface area (Å²) in [7, 11) is 0. The standard InChI is InChI=1S/C25H24ClFN6O2/c26-19-7-5-18(6-8-19)24-21(32-11-1-2-23(32)34)12-33(30-24)25-22(13-31(25)16-29-15-28)35-14-17-3-9-20(27)10-4-17/h3-10,16,21-22,25H,1-2,11-14H2. The van der Waals surface area contributed by atoms with Crippen molar-refractivity contribution in [3.8, 4) is 6.19 Å². The van der Waals surface area contributed by atoms with Crippen molar-refractivity contribution < 1.29 is 13.9 Å². The van der Waals surface area contributed by atoms with E-state index in [2.05, 4.69) is 4.99 Å². The largest absolute Gasteiger partial charge is 0.368 e. The predicted octanol–water partition coefficient (Wildman–Crippen LogP) is 3.23. The lowest BCUT2D eigenvalue weighted by Crippen LogP contribution is -2.66.